The number of rotatable bonds is 4. The molecule has 4 heteroatoms. The number of imidazole rings is 1. The van der Waals surface area contributed by atoms with Crippen LogP contribution in [0.5, 0.6) is 0 Å². The van der Waals surface area contributed by atoms with Gasteiger partial charge in [-0.25, -0.2) is 9.97 Å². The Morgan fingerprint density at radius 1 is 1.50 bits per heavy atom. The molecule has 2 heterocycles. The molecule has 0 saturated carbocycles. The standard InChI is InChI=1S/C12H18N4/c1-3-4-6-9(13)12-15-11-10(16(12)2)7-5-8-14-11/h5,7-9H,3-4,6,13H2,1-2H3. The van der Waals surface area contributed by atoms with E-state index in [1.165, 1.54) is 0 Å². The lowest BCUT2D eigenvalue weighted by molar-refractivity contribution is 0.561. The van der Waals surface area contributed by atoms with Crippen LogP contribution in [0.15, 0.2) is 18.3 Å². The van der Waals surface area contributed by atoms with Crippen molar-refractivity contribution in [2.24, 2.45) is 12.8 Å². The molecule has 0 amide bonds. The summed E-state index contributed by atoms with van der Waals surface area (Å²) < 4.78 is 2.04. The van der Waals surface area contributed by atoms with Crippen LogP contribution < -0.4 is 5.73 Å². The molecule has 0 aliphatic carbocycles. The van der Waals surface area contributed by atoms with E-state index in [4.69, 9.17) is 5.73 Å². The average Bonchev–Trinajstić information content (AvgIpc) is 2.64. The summed E-state index contributed by atoms with van der Waals surface area (Å²) in [5, 5.41) is 0. The van der Waals surface area contributed by atoms with Gasteiger partial charge in [0.25, 0.3) is 0 Å². The van der Waals surface area contributed by atoms with Gasteiger partial charge in [0, 0.05) is 13.2 Å². The summed E-state index contributed by atoms with van der Waals surface area (Å²) in [5.74, 6) is 0.933. The number of pyridine rings is 1. The first-order valence-corrected chi connectivity index (χ1v) is 5.77. The van der Waals surface area contributed by atoms with E-state index in [9.17, 15) is 0 Å². The Kier molecular flexibility index (Phi) is 3.19. The zero-order valence-corrected chi connectivity index (χ0v) is 9.85. The minimum atomic E-state index is 0.0131. The molecule has 0 radical (unpaired) electrons. The van der Waals surface area contributed by atoms with Crippen molar-refractivity contribution in [1.29, 1.82) is 0 Å². The fourth-order valence-corrected chi connectivity index (χ4v) is 1.93. The average molecular weight is 218 g/mol. The maximum Gasteiger partial charge on any atom is 0.177 e. The van der Waals surface area contributed by atoms with Crippen molar-refractivity contribution < 1.29 is 0 Å². The highest BCUT2D eigenvalue weighted by Gasteiger charge is 2.14. The third-order valence-corrected chi connectivity index (χ3v) is 2.89. The molecule has 2 rings (SSSR count). The van der Waals surface area contributed by atoms with Crippen molar-refractivity contribution in [3.8, 4) is 0 Å². The minimum Gasteiger partial charge on any atom is -0.328 e. The van der Waals surface area contributed by atoms with Crippen LogP contribution >= 0.6 is 0 Å². The molecule has 0 aliphatic rings. The molecule has 86 valence electrons. The Morgan fingerprint density at radius 2 is 2.31 bits per heavy atom. The fraction of sp³-hybridized carbons (Fsp3) is 0.500. The van der Waals surface area contributed by atoms with Crippen LogP contribution in [0.4, 0.5) is 0 Å². The molecule has 2 aromatic rings. The number of unbranched alkanes of at least 4 members (excludes halogenated alkanes) is 1. The lowest BCUT2D eigenvalue weighted by atomic mass is 10.1. The van der Waals surface area contributed by atoms with Gasteiger partial charge in [0.2, 0.25) is 0 Å². The van der Waals surface area contributed by atoms with Gasteiger partial charge in [-0.3, -0.25) is 0 Å². The van der Waals surface area contributed by atoms with Gasteiger partial charge < -0.3 is 10.3 Å². The molecule has 0 fully saturated rings. The highest BCUT2D eigenvalue weighted by molar-refractivity contribution is 5.71. The van der Waals surface area contributed by atoms with Crippen molar-refractivity contribution in [1.82, 2.24) is 14.5 Å². The first-order valence-electron chi connectivity index (χ1n) is 5.77. The van der Waals surface area contributed by atoms with Gasteiger partial charge in [-0.05, 0) is 18.6 Å². The summed E-state index contributed by atoms with van der Waals surface area (Å²) in [6.07, 6.45) is 5.04. The second-order valence-electron chi connectivity index (χ2n) is 4.12. The van der Waals surface area contributed by atoms with E-state index in [0.29, 0.717) is 0 Å². The molecule has 1 atom stereocenters. The fourth-order valence-electron chi connectivity index (χ4n) is 1.93. The Hall–Kier alpha value is -1.42. The Morgan fingerprint density at radius 3 is 3.00 bits per heavy atom. The summed E-state index contributed by atoms with van der Waals surface area (Å²) in [6, 6.07) is 3.95. The summed E-state index contributed by atoms with van der Waals surface area (Å²) in [4.78, 5) is 8.73. The number of hydrogen-bond donors (Lipinski definition) is 1. The molecule has 2 aromatic heterocycles. The number of nitrogens with zero attached hydrogens (tertiary/aromatic N) is 3. The summed E-state index contributed by atoms with van der Waals surface area (Å²) in [6.45, 7) is 2.17. The largest absolute Gasteiger partial charge is 0.328 e. The van der Waals surface area contributed by atoms with E-state index in [-0.39, 0.29) is 6.04 Å². The number of aromatic nitrogens is 3. The van der Waals surface area contributed by atoms with E-state index < -0.39 is 0 Å². The van der Waals surface area contributed by atoms with Crippen molar-refractivity contribution in [3.63, 3.8) is 0 Å². The first-order chi connectivity index (χ1) is 7.74. The highest BCUT2D eigenvalue weighted by atomic mass is 15.1. The van der Waals surface area contributed by atoms with Gasteiger partial charge in [-0.1, -0.05) is 19.8 Å². The van der Waals surface area contributed by atoms with Crippen LogP contribution in [0.3, 0.4) is 0 Å². The molecule has 0 saturated heterocycles. The number of fused-ring (bicyclic) bond motifs is 1. The Bertz CT molecular complexity index is 475. The van der Waals surface area contributed by atoms with Gasteiger partial charge in [0.15, 0.2) is 5.65 Å². The van der Waals surface area contributed by atoms with Crippen LogP contribution in [0.2, 0.25) is 0 Å². The molecule has 1 unspecified atom stereocenters. The number of nitrogens with two attached hydrogens (primary N) is 1. The second kappa shape index (κ2) is 4.61. The number of aryl methyl sites for hydroxylation is 1. The highest BCUT2D eigenvalue weighted by Crippen LogP contribution is 2.19. The summed E-state index contributed by atoms with van der Waals surface area (Å²) in [7, 11) is 2.00. The van der Waals surface area contributed by atoms with Crippen LogP contribution in [-0.2, 0) is 7.05 Å². The van der Waals surface area contributed by atoms with E-state index >= 15 is 0 Å². The lowest BCUT2D eigenvalue weighted by Gasteiger charge is -2.10. The van der Waals surface area contributed by atoms with Gasteiger partial charge in [0.1, 0.15) is 5.82 Å². The minimum absolute atomic E-state index is 0.0131. The van der Waals surface area contributed by atoms with Crippen LogP contribution in [0.25, 0.3) is 11.2 Å². The third-order valence-electron chi connectivity index (χ3n) is 2.89. The second-order valence-corrected chi connectivity index (χ2v) is 4.12. The zero-order valence-electron chi connectivity index (χ0n) is 9.85. The molecular weight excluding hydrogens is 200 g/mol. The smallest absolute Gasteiger partial charge is 0.177 e. The SMILES string of the molecule is CCCCC(N)c1nc2ncccc2n1C. The predicted octanol–water partition coefficient (Wildman–Crippen LogP) is 2.16. The van der Waals surface area contributed by atoms with Crippen molar-refractivity contribution >= 4 is 11.2 Å². The molecule has 16 heavy (non-hydrogen) atoms. The molecule has 0 spiro atoms. The van der Waals surface area contributed by atoms with Crippen LogP contribution in [0, 0.1) is 0 Å². The maximum absolute atomic E-state index is 6.13. The summed E-state index contributed by atoms with van der Waals surface area (Å²) in [5.41, 5.74) is 7.96. The monoisotopic (exact) mass is 218 g/mol. The molecule has 0 aromatic carbocycles. The third kappa shape index (κ3) is 1.93. The number of hydrogen-bond acceptors (Lipinski definition) is 3. The van der Waals surface area contributed by atoms with Gasteiger partial charge in [0.05, 0.1) is 11.6 Å². The predicted molar refractivity (Wildman–Crippen MR) is 65.0 cm³/mol. The molecule has 0 bridgehead atoms. The quantitative estimate of drug-likeness (QED) is 0.855. The molecular formula is C12H18N4. The van der Waals surface area contributed by atoms with E-state index in [1.54, 1.807) is 6.20 Å². The summed E-state index contributed by atoms with van der Waals surface area (Å²) >= 11 is 0. The van der Waals surface area contributed by atoms with Gasteiger partial charge in [-0.15, -0.1) is 0 Å². The van der Waals surface area contributed by atoms with E-state index in [0.717, 1.165) is 36.3 Å². The topological polar surface area (TPSA) is 56.7 Å². The van der Waals surface area contributed by atoms with Crippen molar-refractivity contribution in [2.45, 2.75) is 32.2 Å². The Balaban J connectivity index is 2.33. The zero-order chi connectivity index (χ0) is 11.5. The normalized spacial score (nSPS) is 13.2. The molecule has 2 N–H and O–H groups in total. The molecule has 4 nitrogen and oxygen atoms in total. The van der Waals surface area contributed by atoms with E-state index in [1.807, 2.05) is 23.7 Å². The van der Waals surface area contributed by atoms with Crippen LogP contribution in [0.1, 0.15) is 38.1 Å². The van der Waals surface area contributed by atoms with E-state index in [2.05, 4.69) is 16.9 Å². The van der Waals surface area contributed by atoms with Crippen molar-refractivity contribution in [3.05, 3.63) is 24.2 Å². The lowest BCUT2D eigenvalue weighted by Crippen LogP contribution is -2.15. The molecule has 0 aliphatic heterocycles. The Labute approximate surface area is 95.5 Å². The first kappa shape index (κ1) is 11.1. The van der Waals surface area contributed by atoms with Crippen molar-refractivity contribution in [2.75, 3.05) is 0 Å². The van der Waals surface area contributed by atoms with Crippen LogP contribution in [-0.4, -0.2) is 14.5 Å². The maximum atomic E-state index is 6.13. The van der Waals surface area contributed by atoms with Gasteiger partial charge >= 0.3 is 0 Å². The van der Waals surface area contributed by atoms with Gasteiger partial charge in [-0.2, -0.15) is 0 Å².